The summed E-state index contributed by atoms with van der Waals surface area (Å²) in [7, 11) is 2.99. The van der Waals surface area contributed by atoms with Crippen LogP contribution in [0.15, 0.2) is 18.2 Å². The molecule has 2 N–H and O–H groups in total. The average molecular weight is 287 g/mol. The molecule has 0 bridgehead atoms. The van der Waals surface area contributed by atoms with Crippen molar-refractivity contribution in [2.75, 3.05) is 32.0 Å². The van der Waals surface area contributed by atoms with Gasteiger partial charge in [-0.05, 0) is 12.1 Å². The molecule has 19 heavy (non-hydrogen) atoms. The number of benzene rings is 1. The molecular weight excluding hydrogens is 272 g/mol. The molecule has 0 atom stereocenters. The van der Waals surface area contributed by atoms with Gasteiger partial charge in [-0.3, -0.25) is 9.59 Å². The number of alkyl halides is 1. The Kier molecular flexibility index (Phi) is 5.95. The standard InChI is InChI=1S/C12H15ClN2O4/c1-18-9-4-3-8(7-10(9)19-2)15-12(17)11(16)14-6-5-13/h3-4,7H,5-6H2,1-2H3,(H,14,16)(H,15,17). The Bertz CT molecular complexity index is 465. The van der Waals surface area contributed by atoms with Gasteiger partial charge in [0.05, 0.1) is 14.2 Å². The molecule has 0 saturated heterocycles. The van der Waals surface area contributed by atoms with Crippen molar-refractivity contribution in [3.05, 3.63) is 18.2 Å². The first-order chi connectivity index (χ1) is 9.12. The third-order valence-corrected chi connectivity index (χ3v) is 2.42. The van der Waals surface area contributed by atoms with Crippen LogP contribution in [0.3, 0.4) is 0 Å². The monoisotopic (exact) mass is 286 g/mol. The predicted molar refractivity (Wildman–Crippen MR) is 71.9 cm³/mol. The Morgan fingerprint density at radius 3 is 2.42 bits per heavy atom. The molecule has 1 aromatic carbocycles. The Morgan fingerprint density at radius 2 is 1.84 bits per heavy atom. The summed E-state index contributed by atoms with van der Waals surface area (Å²) in [4.78, 5) is 22.9. The van der Waals surface area contributed by atoms with E-state index in [-0.39, 0.29) is 12.4 Å². The molecule has 0 aromatic heterocycles. The number of carbonyl (C=O) groups excluding carboxylic acids is 2. The zero-order valence-electron chi connectivity index (χ0n) is 10.7. The van der Waals surface area contributed by atoms with Crippen LogP contribution in [0.4, 0.5) is 5.69 Å². The molecule has 0 aliphatic rings. The van der Waals surface area contributed by atoms with E-state index >= 15 is 0 Å². The van der Waals surface area contributed by atoms with Crippen LogP contribution in [0, 0.1) is 0 Å². The lowest BCUT2D eigenvalue weighted by atomic mass is 10.2. The lowest BCUT2D eigenvalue weighted by molar-refractivity contribution is -0.136. The van der Waals surface area contributed by atoms with Crippen molar-refractivity contribution in [3.63, 3.8) is 0 Å². The minimum absolute atomic E-state index is 0.236. The lowest BCUT2D eigenvalue weighted by Crippen LogP contribution is -2.36. The molecule has 0 fully saturated rings. The van der Waals surface area contributed by atoms with Gasteiger partial charge in [0.1, 0.15) is 0 Å². The van der Waals surface area contributed by atoms with Crippen LogP contribution in [0.2, 0.25) is 0 Å². The van der Waals surface area contributed by atoms with E-state index in [0.29, 0.717) is 17.2 Å². The van der Waals surface area contributed by atoms with E-state index in [1.165, 1.54) is 14.2 Å². The average Bonchev–Trinajstić information content (AvgIpc) is 2.44. The van der Waals surface area contributed by atoms with Crippen LogP contribution >= 0.6 is 11.6 Å². The molecule has 0 unspecified atom stereocenters. The number of hydrogen-bond donors (Lipinski definition) is 2. The maximum absolute atomic E-state index is 11.5. The summed E-state index contributed by atoms with van der Waals surface area (Å²) in [6, 6.07) is 4.80. The quantitative estimate of drug-likeness (QED) is 0.625. The highest BCUT2D eigenvalue weighted by Crippen LogP contribution is 2.29. The van der Waals surface area contributed by atoms with Gasteiger partial charge in [-0.25, -0.2) is 0 Å². The first-order valence-electron chi connectivity index (χ1n) is 5.49. The number of methoxy groups -OCH3 is 2. The zero-order chi connectivity index (χ0) is 14.3. The highest BCUT2D eigenvalue weighted by Gasteiger charge is 2.14. The molecular formula is C12H15ClN2O4. The second kappa shape index (κ2) is 7.48. The Hall–Kier alpha value is -1.95. The van der Waals surface area contributed by atoms with Crippen LogP contribution in [0.5, 0.6) is 11.5 Å². The first-order valence-corrected chi connectivity index (χ1v) is 6.03. The largest absolute Gasteiger partial charge is 0.493 e. The minimum atomic E-state index is -0.766. The van der Waals surface area contributed by atoms with Crippen molar-refractivity contribution in [1.82, 2.24) is 5.32 Å². The number of halogens is 1. The number of nitrogens with one attached hydrogen (secondary N) is 2. The smallest absolute Gasteiger partial charge is 0.313 e. The van der Waals surface area contributed by atoms with Gasteiger partial charge in [0.25, 0.3) is 0 Å². The molecule has 1 aromatic rings. The normalized spacial score (nSPS) is 9.63. The van der Waals surface area contributed by atoms with E-state index in [1.54, 1.807) is 18.2 Å². The summed E-state index contributed by atoms with van der Waals surface area (Å²) < 4.78 is 10.2. The molecule has 1 rings (SSSR count). The number of rotatable bonds is 5. The SMILES string of the molecule is COc1ccc(NC(=O)C(=O)NCCCl)cc1OC. The molecule has 0 aliphatic heterocycles. The predicted octanol–water partition coefficient (Wildman–Crippen LogP) is 0.997. The fraction of sp³-hybridized carbons (Fsp3) is 0.333. The van der Waals surface area contributed by atoms with Crippen LogP contribution in [0.25, 0.3) is 0 Å². The third kappa shape index (κ3) is 4.33. The summed E-state index contributed by atoms with van der Waals surface area (Å²) in [6.45, 7) is 0.236. The maximum Gasteiger partial charge on any atom is 0.313 e. The summed E-state index contributed by atoms with van der Waals surface area (Å²) in [5, 5.41) is 4.81. The van der Waals surface area contributed by atoms with Crippen molar-refractivity contribution < 1.29 is 19.1 Å². The van der Waals surface area contributed by atoms with Gasteiger partial charge >= 0.3 is 11.8 Å². The number of ether oxygens (including phenoxy) is 2. The van der Waals surface area contributed by atoms with E-state index < -0.39 is 11.8 Å². The number of amides is 2. The summed E-state index contributed by atoms with van der Waals surface area (Å²) in [5.74, 6) is -0.267. The second-order valence-electron chi connectivity index (χ2n) is 3.47. The molecule has 0 spiro atoms. The first kappa shape index (κ1) is 15.1. The number of anilines is 1. The van der Waals surface area contributed by atoms with Gasteiger partial charge in [-0.15, -0.1) is 11.6 Å². The number of hydrogen-bond acceptors (Lipinski definition) is 4. The molecule has 104 valence electrons. The Labute approximate surface area is 116 Å². The van der Waals surface area contributed by atoms with Crippen LogP contribution in [0.1, 0.15) is 0 Å². The van der Waals surface area contributed by atoms with Gasteiger partial charge in [-0.1, -0.05) is 0 Å². The Balaban J connectivity index is 2.71. The van der Waals surface area contributed by atoms with Gasteiger partial charge in [-0.2, -0.15) is 0 Å². The molecule has 0 heterocycles. The highest BCUT2D eigenvalue weighted by molar-refractivity contribution is 6.39. The van der Waals surface area contributed by atoms with Crippen molar-refractivity contribution in [2.24, 2.45) is 0 Å². The van der Waals surface area contributed by atoms with Crippen molar-refractivity contribution in [2.45, 2.75) is 0 Å². The van der Waals surface area contributed by atoms with Crippen molar-refractivity contribution in [1.29, 1.82) is 0 Å². The van der Waals surface area contributed by atoms with Crippen LogP contribution < -0.4 is 20.1 Å². The molecule has 0 radical (unpaired) electrons. The summed E-state index contributed by atoms with van der Waals surface area (Å²) in [5.41, 5.74) is 0.434. The molecule has 6 nitrogen and oxygen atoms in total. The third-order valence-electron chi connectivity index (χ3n) is 2.23. The van der Waals surface area contributed by atoms with Crippen LogP contribution in [-0.4, -0.2) is 38.5 Å². The lowest BCUT2D eigenvalue weighted by Gasteiger charge is -2.10. The molecule has 7 heteroatoms. The molecule has 0 saturated carbocycles. The Morgan fingerprint density at radius 1 is 1.16 bits per heavy atom. The van der Waals surface area contributed by atoms with Gasteiger partial charge in [0, 0.05) is 24.2 Å². The summed E-state index contributed by atoms with van der Waals surface area (Å²) in [6.07, 6.45) is 0. The fourth-order valence-electron chi connectivity index (χ4n) is 1.34. The van der Waals surface area contributed by atoms with Crippen molar-refractivity contribution >= 4 is 29.1 Å². The minimum Gasteiger partial charge on any atom is -0.493 e. The van der Waals surface area contributed by atoms with Crippen molar-refractivity contribution in [3.8, 4) is 11.5 Å². The van der Waals surface area contributed by atoms with Crippen LogP contribution in [-0.2, 0) is 9.59 Å². The van der Waals surface area contributed by atoms with Gasteiger partial charge in [0.15, 0.2) is 11.5 Å². The van der Waals surface area contributed by atoms with Gasteiger partial charge in [0.2, 0.25) is 0 Å². The zero-order valence-corrected chi connectivity index (χ0v) is 11.4. The van der Waals surface area contributed by atoms with Gasteiger partial charge < -0.3 is 20.1 Å². The highest BCUT2D eigenvalue weighted by atomic mass is 35.5. The maximum atomic E-state index is 11.5. The molecule has 2 amide bonds. The van der Waals surface area contributed by atoms with E-state index in [1.807, 2.05) is 0 Å². The van der Waals surface area contributed by atoms with E-state index in [0.717, 1.165) is 0 Å². The topological polar surface area (TPSA) is 76.7 Å². The fourth-order valence-corrected chi connectivity index (χ4v) is 1.44. The number of carbonyl (C=O) groups is 2. The van der Waals surface area contributed by atoms with E-state index in [2.05, 4.69) is 10.6 Å². The summed E-state index contributed by atoms with van der Waals surface area (Å²) >= 11 is 5.41. The second-order valence-corrected chi connectivity index (χ2v) is 3.85. The van der Waals surface area contributed by atoms with E-state index in [4.69, 9.17) is 21.1 Å². The van der Waals surface area contributed by atoms with E-state index in [9.17, 15) is 9.59 Å². The molecule has 0 aliphatic carbocycles.